The van der Waals surface area contributed by atoms with E-state index in [-0.39, 0.29) is 18.2 Å². The Kier molecular flexibility index (Phi) is 4.85. The van der Waals surface area contributed by atoms with Crippen LogP contribution in [0.5, 0.6) is 5.75 Å². The normalized spacial score (nSPS) is 11.6. The monoisotopic (exact) mass is 289 g/mol. The minimum atomic E-state index is -1.25. The molecule has 5 heteroatoms. The van der Waals surface area contributed by atoms with E-state index in [1.165, 1.54) is 24.3 Å². The van der Waals surface area contributed by atoms with Gasteiger partial charge in [0.15, 0.2) is 0 Å². The molecule has 0 aliphatic heterocycles. The van der Waals surface area contributed by atoms with Crippen LogP contribution in [0, 0.1) is 17.1 Å². The summed E-state index contributed by atoms with van der Waals surface area (Å²) in [5.41, 5.74) is 0.445. The number of nitrogens with zero attached hydrogens (tertiary/aromatic N) is 1. The largest absolute Gasteiger partial charge is 0.491 e. The molecule has 0 aromatic heterocycles. The molecule has 0 fully saturated rings. The van der Waals surface area contributed by atoms with Gasteiger partial charge in [-0.25, -0.2) is 4.39 Å². The van der Waals surface area contributed by atoms with Crippen LogP contribution in [-0.4, -0.2) is 16.6 Å². The van der Waals surface area contributed by atoms with Gasteiger partial charge in [0.2, 0.25) is 0 Å². The molecule has 2 aromatic rings. The van der Waals surface area contributed by atoms with E-state index in [0.717, 1.165) is 0 Å². The van der Waals surface area contributed by atoms with Gasteiger partial charge in [-0.3, -0.25) is 4.21 Å². The molecule has 3 nitrogen and oxygen atoms in total. The Morgan fingerprint density at radius 2 is 1.85 bits per heavy atom. The fraction of sp³-hybridized carbons (Fsp3) is 0.133. The van der Waals surface area contributed by atoms with Crippen molar-refractivity contribution in [1.29, 1.82) is 5.26 Å². The van der Waals surface area contributed by atoms with Crippen LogP contribution >= 0.6 is 0 Å². The molecule has 0 saturated carbocycles. The summed E-state index contributed by atoms with van der Waals surface area (Å²) in [5.74, 6) is 0.404. The maximum absolute atomic E-state index is 12.8. The quantitative estimate of drug-likeness (QED) is 0.850. The molecule has 0 aliphatic carbocycles. The summed E-state index contributed by atoms with van der Waals surface area (Å²) in [6.07, 6.45) is 0. The van der Waals surface area contributed by atoms with Crippen LogP contribution < -0.4 is 4.74 Å². The molecular formula is C15H12FNO2S. The first-order valence-electron chi connectivity index (χ1n) is 5.96. The van der Waals surface area contributed by atoms with Crippen LogP contribution in [0.15, 0.2) is 53.4 Å². The summed E-state index contributed by atoms with van der Waals surface area (Å²) in [6.45, 7) is 0.225. The zero-order valence-electron chi connectivity index (χ0n) is 10.6. The fourth-order valence-corrected chi connectivity index (χ4v) is 2.53. The summed E-state index contributed by atoms with van der Waals surface area (Å²) in [4.78, 5) is 0.559. The molecule has 0 spiro atoms. The lowest BCUT2D eigenvalue weighted by Gasteiger charge is -2.07. The smallest absolute Gasteiger partial charge is 0.137 e. The predicted octanol–water partition coefficient (Wildman–Crippen LogP) is 2.88. The van der Waals surface area contributed by atoms with Crippen molar-refractivity contribution in [3.05, 3.63) is 59.9 Å². The van der Waals surface area contributed by atoms with E-state index >= 15 is 0 Å². The number of ether oxygens (including phenoxy) is 1. The Morgan fingerprint density at radius 1 is 1.15 bits per heavy atom. The van der Waals surface area contributed by atoms with Crippen LogP contribution in [0.4, 0.5) is 4.39 Å². The highest BCUT2D eigenvalue weighted by Crippen LogP contribution is 2.16. The Labute approximate surface area is 119 Å². The van der Waals surface area contributed by atoms with E-state index < -0.39 is 10.8 Å². The van der Waals surface area contributed by atoms with E-state index in [2.05, 4.69) is 0 Å². The van der Waals surface area contributed by atoms with Gasteiger partial charge in [-0.15, -0.1) is 0 Å². The summed E-state index contributed by atoms with van der Waals surface area (Å²) in [5, 5.41) is 8.91. The third-order valence-corrected chi connectivity index (χ3v) is 3.95. The molecule has 1 atom stereocenters. The lowest BCUT2D eigenvalue weighted by Crippen LogP contribution is -2.09. The van der Waals surface area contributed by atoms with Crippen LogP contribution in [0.25, 0.3) is 0 Å². The molecule has 0 N–H and O–H groups in total. The average molecular weight is 289 g/mol. The summed E-state index contributed by atoms with van der Waals surface area (Å²) >= 11 is 0. The second-order valence-corrected chi connectivity index (χ2v) is 5.53. The molecule has 0 bridgehead atoms. The van der Waals surface area contributed by atoms with Crippen molar-refractivity contribution in [3.63, 3.8) is 0 Å². The second kappa shape index (κ2) is 6.83. The minimum Gasteiger partial charge on any atom is -0.491 e. The first kappa shape index (κ1) is 14.2. The highest BCUT2D eigenvalue weighted by molar-refractivity contribution is 7.85. The number of hydrogen-bond donors (Lipinski definition) is 0. The van der Waals surface area contributed by atoms with Crippen molar-refractivity contribution in [3.8, 4) is 11.8 Å². The minimum absolute atomic E-state index is 0.225. The average Bonchev–Trinajstić information content (AvgIpc) is 2.48. The number of halogens is 1. The number of para-hydroxylation sites is 1. The van der Waals surface area contributed by atoms with Gasteiger partial charge in [0.1, 0.15) is 24.2 Å². The van der Waals surface area contributed by atoms with Crippen molar-refractivity contribution in [2.75, 3.05) is 12.4 Å². The SMILES string of the molecule is N#Cc1ccccc1OCCS(=O)c1ccc(F)cc1. The molecule has 2 rings (SSSR count). The Hall–Kier alpha value is -2.19. The maximum Gasteiger partial charge on any atom is 0.137 e. The molecule has 0 radical (unpaired) electrons. The van der Waals surface area contributed by atoms with Gasteiger partial charge in [0.05, 0.1) is 22.1 Å². The van der Waals surface area contributed by atoms with Crippen LogP contribution in [0.2, 0.25) is 0 Å². The number of rotatable bonds is 5. The Balaban J connectivity index is 1.91. The number of nitriles is 1. The summed E-state index contributed by atoms with van der Waals surface area (Å²) < 4.78 is 30.2. The second-order valence-electron chi connectivity index (χ2n) is 3.96. The maximum atomic E-state index is 12.8. The van der Waals surface area contributed by atoms with E-state index in [1.54, 1.807) is 24.3 Å². The van der Waals surface area contributed by atoms with Gasteiger partial charge in [0.25, 0.3) is 0 Å². The first-order valence-corrected chi connectivity index (χ1v) is 7.28. The summed E-state index contributed by atoms with van der Waals surface area (Å²) in [6, 6.07) is 14.4. The number of benzene rings is 2. The van der Waals surface area contributed by atoms with Gasteiger partial charge >= 0.3 is 0 Å². The topological polar surface area (TPSA) is 50.1 Å². The zero-order chi connectivity index (χ0) is 14.4. The van der Waals surface area contributed by atoms with Gasteiger partial charge in [-0.2, -0.15) is 5.26 Å². The molecule has 102 valence electrons. The first-order chi connectivity index (χ1) is 9.70. The Bertz CT molecular complexity index is 650. The highest BCUT2D eigenvalue weighted by atomic mass is 32.2. The van der Waals surface area contributed by atoms with Crippen molar-refractivity contribution >= 4 is 10.8 Å². The van der Waals surface area contributed by atoms with Gasteiger partial charge in [0, 0.05) is 4.90 Å². The van der Waals surface area contributed by atoms with Gasteiger partial charge in [-0.1, -0.05) is 12.1 Å². The van der Waals surface area contributed by atoms with E-state index in [0.29, 0.717) is 16.2 Å². The van der Waals surface area contributed by atoms with Crippen LogP contribution in [0.3, 0.4) is 0 Å². The van der Waals surface area contributed by atoms with Crippen LogP contribution in [0.1, 0.15) is 5.56 Å². The fourth-order valence-electron chi connectivity index (χ4n) is 1.62. The van der Waals surface area contributed by atoms with Crippen molar-refractivity contribution < 1.29 is 13.3 Å². The predicted molar refractivity (Wildman–Crippen MR) is 74.3 cm³/mol. The van der Waals surface area contributed by atoms with Crippen molar-refractivity contribution in [1.82, 2.24) is 0 Å². The molecule has 0 amide bonds. The van der Waals surface area contributed by atoms with Gasteiger partial charge in [-0.05, 0) is 36.4 Å². The lowest BCUT2D eigenvalue weighted by atomic mass is 10.2. The molecule has 0 saturated heterocycles. The van der Waals surface area contributed by atoms with E-state index in [9.17, 15) is 8.60 Å². The zero-order valence-corrected chi connectivity index (χ0v) is 11.4. The van der Waals surface area contributed by atoms with E-state index in [1.807, 2.05) is 6.07 Å². The van der Waals surface area contributed by atoms with E-state index in [4.69, 9.17) is 10.00 Å². The van der Waals surface area contributed by atoms with Crippen LogP contribution in [-0.2, 0) is 10.8 Å². The molecule has 0 aliphatic rings. The third kappa shape index (κ3) is 3.65. The molecule has 20 heavy (non-hydrogen) atoms. The highest BCUT2D eigenvalue weighted by Gasteiger charge is 2.06. The van der Waals surface area contributed by atoms with Crippen molar-refractivity contribution in [2.45, 2.75) is 4.90 Å². The van der Waals surface area contributed by atoms with Crippen molar-refractivity contribution in [2.24, 2.45) is 0 Å². The lowest BCUT2D eigenvalue weighted by molar-refractivity contribution is 0.341. The number of hydrogen-bond acceptors (Lipinski definition) is 3. The summed E-state index contributed by atoms with van der Waals surface area (Å²) in [7, 11) is -1.25. The standard InChI is InChI=1S/C15H12FNO2S/c16-13-5-7-14(8-6-13)20(18)10-9-19-15-4-2-1-3-12(15)11-17/h1-8H,9-10H2. The molecule has 2 aromatic carbocycles. The molecular weight excluding hydrogens is 277 g/mol. The molecule has 1 unspecified atom stereocenters. The van der Waals surface area contributed by atoms with Gasteiger partial charge < -0.3 is 4.74 Å². The Morgan fingerprint density at radius 3 is 2.55 bits per heavy atom. The molecule has 0 heterocycles. The third-order valence-electron chi connectivity index (χ3n) is 2.61.